The predicted octanol–water partition coefficient (Wildman–Crippen LogP) is 12.4. The number of para-hydroxylation sites is 1. The van der Waals surface area contributed by atoms with Gasteiger partial charge in [-0.05, 0) is 77.8 Å². The van der Waals surface area contributed by atoms with Crippen molar-refractivity contribution < 1.29 is 0 Å². The van der Waals surface area contributed by atoms with Crippen molar-refractivity contribution in [3.63, 3.8) is 0 Å². The molecule has 9 aromatic rings. The molecule has 2 heteroatoms. The largest absolute Gasteiger partial charge is 0.228 e. The van der Waals surface area contributed by atoms with Crippen molar-refractivity contribution in [3.05, 3.63) is 169 Å². The van der Waals surface area contributed by atoms with Gasteiger partial charge in [0.1, 0.15) is 0 Å². The van der Waals surface area contributed by atoms with Crippen molar-refractivity contribution in [2.45, 2.75) is 19.3 Å². The van der Waals surface area contributed by atoms with E-state index < -0.39 is 0 Å². The summed E-state index contributed by atoms with van der Waals surface area (Å²) < 4.78 is 0. The maximum atomic E-state index is 5.12. The third-order valence-electron chi connectivity index (χ3n) is 10.6. The molecule has 1 aliphatic carbocycles. The Bertz CT molecular complexity index is 2780. The second kappa shape index (κ2) is 10.4. The molecule has 2 nitrogen and oxygen atoms in total. The van der Waals surface area contributed by atoms with Crippen LogP contribution >= 0.6 is 0 Å². The summed E-state index contributed by atoms with van der Waals surface area (Å²) in [6, 6.07) is 56.8. The van der Waals surface area contributed by atoms with Crippen LogP contribution < -0.4 is 0 Å². The Hall–Kier alpha value is -6.12. The number of rotatable bonds is 3. The monoisotopic (exact) mass is 624 g/mol. The smallest absolute Gasteiger partial charge is 0.160 e. The van der Waals surface area contributed by atoms with E-state index in [4.69, 9.17) is 9.97 Å². The first-order chi connectivity index (χ1) is 24.1. The molecule has 0 fully saturated rings. The third-order valence-corrected chi connectivity index (χ3v) is 10.6. The molecule has 0 bridgehead atoms. The predicted molar refractivity (Wildman–Crippen MR) is 206 cm³/mol. The average molecular weight is 625 g/mol. The number of hydrogen-bond donors (Lipinski definition) is 0. The van der Waals surface area contributed by atoms with Crippen LogP contribution in [-0.2, 0) is 5.41 Å². The summed E-state index contributed by atoms with van der Waals surface area (Å²) in [4.78, 5) is 10.1. The van der Waals surface area contributed by atoms with Gasteiger partial charge in [0.2, 0.25) is 0 Å². The maximum absolute atomic E-state index is 5.12. The molecule has 49 heavy (non-hydrogen) atoms. The van der Waals surface area contributed by atoms with Crippen LogP contribution in [0, 0.1) is 0 Å². The van der Waals surface area contributed by atoms with Crippen molar-refractivity contribution in [1.82, 2.24) is 9.97 Å². The Labute approximate surface area is 285 Å². The van der Waals surface area contributed by atoms with E-state index in [1.165, 1.54) is 65.7 Å². The molecular formula is C47H32N2. The van der Waals surface area contributed by atoms with E-state index in [1.54, 1.807) is 0 Å². The molecule has 0 radical (unpaired) electrons. The lowest BCUT2D eigenvalue weighted by Crippen LogP contribution is -2.16. The van der Waals surface area contributed by atoms with E-state index in [1.807, 2.05) is 12.1 Å². The lowest BCUT2D eigenvalue weighted by Gasteiger charge is -2.25. The van der Waals surface area contributed by atoms with Crippen molar-refractivity contribution in [3.8, 4) is 44.9 Å². The molecular weight excluding hydrogens is 593 g/mol. The topological polar surface area (TPSA) is 25.8 Å². The summed E-state index contributed by atoms with van der Waals surface area (Å²) in [6.45, 7) is 4.82. The Morgan fingerprint density at radius 3 is 1.63 bits per heavy atom. The highest BCUT2D eigenvalue weighted by Crippen LogP contribution is 2.57. The van der Waals surface area contributed by atoms with E-state index in [-0.39, 0.29) is 5.41 Å². The van der Waals surface area contributed by atoms with E-state index in [0.29, 0.717) is 0 Å². The molecule has 0 amide bonds. The van der Waals surface area contributed by atoms with Gasteiger partial charge in [0.25, 0.3) is 0 Å². The maximum Gasteiger partial charge on any atom is 0.160 e. The molecule has 1 heterocycles. The van der Waals surface area contributed by atoms with Crippen LogP contribution in [0.1, 0.15) is 25.0 Å². The summed E-state index contributed by atoms with van der Waals surface area (Å²) in [5.41, 5.74) is 11.8. The molecule has 0 saturated carbocycles. The summed E-state index contributed by atoms with van der Waals surface area (Å²) >= 11 is 0. The second-order valence-electron chi connectivity index (χ2n) is 13.7. The van der Waals surface area contributed by atoms with Gasteiger partial charge in [0, 0.05) is 21.9 Å². The zero-order valence-corrected chi connectivity index (χ0v) is 27.4. The van der Waals surface area contributed by atoms with Crippen molar-refractivity contribution in [2.75, 3.05) is 0 Å². The molecule has 10 rings (SSSR count). The molecule has 0 N–H and O–H groups in total. The number of aromatic nitrogens is 2. The van der Waals surface area contributed by atoms with E-state index in [0.717, 1.165) is 33.5 Å². The fourth-order valence-corrected chi connectivity index (χ4v) is 8.50. The number of nitrogens with zero attached hydrogens (tertiary/aromatic N) is 2. The minimum Gasteiger partial charge on any atom is -0.228 e. The van der Waals surface area contributed by atoms with Crippen LogP contribution in [0.2, 0.25) is 0 Å². The summed E-state index contributed by atoms with van der Waals surface area (Å²) in [5, 5.41) is 8.95. The minimum atomic E-state index is -0.166. The van der Waals surface area contributed by atoms with Crippen molar-refractivity contribution >= 4 is 43.2 Å². The average Bonchev–Trinajstić information content (AvgIpc) is 3.41. The van der Waals surface area contributed by atoms with Gasteiger partial charge in [-0.25, -0.2) is 9.97 Å². The molecule has 0 saturated heterocycles. The number of fused-ring (bicyclic) bond motifs is 11. The van der Waals surface area contributed by atoms with Crippen LogP contribution in [0.25, 0.3) is 88.1 Å². The van der Waals surface area contributed by atoms with Crippen molar-refractivity contribution in [2.24, 2.45) is 0 Å². The molecule has 0 unspecified atom stereocenters. The fourth-order valence-electron chi connectivity index (χ4n) is 8.50. The first-order valence-corrected chi connectivity index (χ1v) is 17.0. The standard InChI is InChI=1S/C47H32N2/c1-47(2)43-36-20-10-8-18-34(36)39(28-40(43)42-35-19-9-6-16-32(35)33-17-7-11-21-37(33)44(42)47)29-24-26-31(27-25-29)46-48-41-23-13-12-22-38(41)45(49-46)30-14-4-3-5-15-30/h3-28H,1-2H3. The molecule has 1 aromatic heterocycles. The number of hydrogen-bond acceptors (Lipinski definition) is 2. The van der Waals surface area contributed by atoms with Gasteiger partial charge in [0.15, 0.2) is 5.82 Å². The summed E-state index contributed by atoms with van der Waals surface area (Å²) in [7, 11) is 0. The van der Waals surface area contributed by atoms with Gasteiger partial charge in [-0.1, -0.05) is 159 Å². The Balaban J connectivity index is 1.18. The fraction of sp³-hybridized carbons (Fsp3) is 0.0638. The molecule has 8 aromatic carbocycles. The Morgan fingerprint density at radius 2 is 0.918 bits per heavy atom. The van der Waals surface area contributed by atoms with Gasteiger partial charge in [-0.2, -0.15) is 0 Å². The highest BCUT2D eigenvalue weighted by Gasteiger charge is 2.40. The highest BCUT2D eigenvalue weighted by atomic mass is 14.9. The van der Waals surface area contributed by atoms with Gasteiger partial charge in [0.05, 0.1) is 11.2 Å². The van der Waals surface area contributed by atoms with Crippen LogP contribution in [0.4, 0.5) is 0 Å². The zero-order valence-electron chi connectivity index (χ0n) is 27.4. The van der Waals surface area contributed by atoms with E-state index in [2.05, 4.69) is 159 Å². The van der Waals surface area contributed by atoms with Gasteiger partial charge >= 0.3 is 0 Å². The summed E-state index contributed by atoms with van der Waals surface area (Å²) in [6.07, 6.45) is 0. The summed E-state index contributed by atoms with van der Waals surface area (Å²) in [5.74, 6) is 0.733. The Morgan fingerprint density at radius 1 is 0.388 bits per heavy atom. The van der Waals surface area contributed by atoms with Gasteiger partial charge < -0.3 is 0 Å². The minimum absolute atomic E-state index is 0.166. The van der Waals surface area contributed by atoms with Crippen LogP contribution in [0.5, 0.6) is 0 Å². The van der Waals surface area contributed by atoms with Crippen LogP contribution in [0.3, 0.4) is 0 Å². The SMILES string of the molecule is CC1(C)c2c(cc(-c3ccc(-c4nc(-c5ccccc5)c5ccccc5n4)cc3)c3ccccc23)-c2c1c1ccccc1c1ccccc21. The second-order valence-corrected chi connectivity index (χ2v) is 13.7. The lowest BCUT2D eigenvalue weighted by atomic mass is 9.77. The van der Waals surface area contributed by atoms with Gasteiger partial charge in [-0.15, -0.1) is 0 Å². The van der Waals surface area contributed by atoms with E-state index in [9.17, 15) is 0 Å². The normalized spacial score (nSPS) is 13.3. The molecule has 1 aliphatic rings. The molecule has 0 atom stereocenters. The quantitative estimate of drug-likeness (QED) is 0.183. The van der Waals surface area contributed by atoms with Crippen LogP contribution in [-0.4, -0.2) is 9.97 Å². The van der Waals surface area contributed by atoms with Crippen LogP contribution in [0.15, 0.2) is 158 Å². The lowest BCUT2D eigenvalue weighted by molar-refractivity contribution is 0.672. The molecule has 0 spiro atoms. The first-order valence-electron chi connectivity index (χ1n) is 17.0. The number of benzene rings is 8. The van der Waals surface area contributed by atoms with Gasteiger partial charge in [-0.3, -0.25) is 0 Å². The third kappa shape index (κ3) is 4.07. The Kier molecular flexibility index (Phi) is 5.95. The molecule has 0 aliphatic heterocycles. The van der Waals surface area contributed by atoms with E-state index >= 15 is 0 Å². The highest BCUT2D eigenvalue weighted by molar-refractivity contribution is 6.20. The van der Waals surface area contributed by atoms with Crippen molar-refractivity contribution in [1.29, 1.82) is 0 Å². The molecule has 230 valence electrons. The zero-order chi connectivity index (χ0) is 32.7. The first kappa shape index (κ1) is 27.9.